The molecule has 140 valence electrons. The van der Waals surface area contributed by atoms with E-state index in [0.717, 1.165) is 22.3 Å². The van der Waals surface area contributed by atoms with Crippen molar-refractivity contribution < 1.29 is 14.3 Å². The van der Waals surface area contributed by atoms with Gasteiger partial charge in [-0.3, -0.25) is 9.48 Å². The van der Waals surface area contributed by atoms with Crippen LogP contribution in [0.3, 0.4) is 0 Å². The first-order valence-electron chi connectivity index (χ1n) is 8.96. The molecule has 0 saturated carbocycles. The first-order chi connectivity index (χ1) is 12.7. The Hall–Kier alpha value is -1.86. The van der Waals surface area contributed by atoms with Crippen LogP contribution in [0.25, 0.3) is 0 Å². The molecule has 2 aromatic rings. The van der Waals surface area contributed by atoms with Gasteiger partial charge in [0.2, 0.25) is 5.91 Å². The summed E-state index contributed by atoms with van der Waals surface area (Å²) < 4.78 is 14.3. The number of carbonyl (C=O) groups excluding carboxylic acids is 1. The summed E-state index contributed by atoms with van der Waals surface area (Å²) in [5, 5.41) is 4.29. The maximum Gasteiger partial charge on any atom is 0.222 e. The van der Waals surface area contributed by atoms with Crippen LogP contribution in [0.4, 0.5) is 0 Å². The lowest BCUT2D eigenvalue weighted by molar-refractivity contribution is -0.139. The second-order valence-corrected chi connectivity index (χ2v) is 7.07. The largest absolute Gasteiger partial charge is 0.492 e. The van der Waals surface area contributed by atoms with Gasteiger partial charge in [-0.2, -0.15) is 5.10 Å². The molecule has 0 spiro atoms. The van der Waals surface area contributed by atoms with Crippen LogP contribution in [0.5, 0.6) is 5.75 Å². The molecule has 1 saturated heterocycles. The minimum atomic E-state index is -0.0930. The molecule has 1 amide bonds. The molecular weight excluding hydrogens is 398 g/mol. The highest BCUT2D eigenvalue weighted by Gasteiger charge is 2.26. The molecule has 1 unspecified atom stereocenters. The smallest absolute Gasteiger partial charge is 0.222 e. The van der Waals surface area contributed by atoms with Crippen LogP contribution >= 0.6 is 15.9 Å². The number of benzene rings is 1. The van der Waals surface area contributed by atoms with Gasteiger partial charge in [0.1, 0.15) is 11.9 Å². The molecule has 1 atom stereocenters. The number of ether oxygens (including phenoxy) is 2. The molecule has 2 heterocycles. The molecule has 1 fully saturated rings. The summed E-state index contributed by atoms with van der Waals surface area (Å²) in [6.45, 7) is 5.17. The second-order valence-electron chi connectivity index (χ2n) is 6.21. The van der Waals surface area contributed by atoms with Crippen LogP contribution in [-0.4, -0.2) is 46.9 Å². The highest BCUT2D eigenvalue weighted by atomic mass is 79.9. The fourth-order valence-electron chi connectivity index (χ4n) is 2.92. The summed E-state index contributed by atoms with van der Waals surface area (Å²) in [6, 6.07) is 7.73. The van der Waals surface area contributed by atoms with Gasteiger partial charge in [0.25, 0.3) is 0 Å². The fourth-order valence-corrected chi connectivity index (χ4v) is 3.32. The van der Waals surface area contributed by atoms with Crippen molar-refractivity contribution in [3.63, 3.8) is 0 Å². The lowest BCUT2D eigenvalue weighted by atomic mass is 10.1. The number of halogens is 1. The van der Waals surface area contributed by atoms with E-state index in [1.54, 1.807) is 0 Å². The number of aryl methyl sites for hydroxylation is 1. The summed E-state index contributed by atoms with van der Waals surface area (Å²) in [6.07, 6.45) is 4.89. The monoisotopic (exact) mass is 421 g/mol. The summed E-state index contributed by atoms with van der Waals surface area (Å²) >= 11 is 3.45. The topological polar surface area (TPSA) is 56.6 Å². The number of nitrogens with zero attached hydrogens (tertiary/aromatic N) is 3. The van der Waals surface area contributed by atoms with Gasteiger partial charge in [-0.25, -0.2) is 0 Å². The molecule has 1 aromatic carbocycles. The van der Waals surface area contributed by atoms with Crippen LogP contribution in [0, 0.1) is 0 Å². The maximum atomic E-state index is 12.5. The van der Waals surface area contributed by atoms with Crippen molar-refractivity contribution >= 4 is 21.8 Å². The Labute approximate surface area is 162 Å². The average molecular weight is 422 g/mol. The number of amides is 1. The van der Waals surface area contributed by atoms with Gasteiger partial charge in [-0.15, -0.1) is 0 Å². The lowest BCUT2D eigenvalue weighted by Gasteiger charge is -2.32. The second kappa shape index (κ2) is 9.19. The summed E-state index contributed by atoms with van der Waals surface area (Å²) in [5.41, 5.74) is 1.03. The Balaban J connectivity index is 1.44. The van der Waals surface area contributed by atoms with Gasteiger partial charge in [-0.05, 0) is 41.4 Å². The molecule has 7 heteroatoms. The molecule has 0 radical (unpaired) electrons. The van der Waals surface area contributed by atoms with E-state index in [2.05, 4.69) is 21.0 Å². The molecule has 1 aliphatic rings. The first kappa shape index (κ1) is 18.9. The van der Waals surface area contributed by atoms with Gasteiger partial charge < -0.3 is 14.4 Å². The zero-order valence-electron chi connectivity index (χ0n) is 14.9. The SMILES string of the molecule is CCn1cc(C2CN(C(=O)CCCOc3ccccc3Br)CCO2)cn1. The molecule has 26 heavy (non-hydrogen) atoms. The van der Waals surface area contributed by atoms with Crippen LogP contribution in [0.2, 0.25) is 0 Å². The zero-order valence-corrected chi connectivity index (χ0v) is 16.5. The molecule has 1 aromatic heterocycles. The van der Waals surface area contributed by atoms with Crippen LogP contribution in [-0.2, 0) is 16.1 Å². The van der Waals surface area contributed by atoms with Crippen molar-refractivity contribution in [3.8, 4) is 5.75 Å². The van der Waals surface area contributed by atoms with E-state index in [1.807, 2.05) is 53.2 Å². The van der Waals surface area contributed by atoms with E-state index in [4.69, 9.17) is 9.47 Å². The lowest BCUT2D eigenvalue weighted by Crippen LogP contribution is -2.42. The number of aromatic nitrogens is 2. The maximum absolute atomic E-state index is 12.5. The van der Waals surface area contributed by atoms with Crippen LogP contribution in [0.15, 0.2) is 41.1 Å². The number of carbonyl (C=O) groups is 1. The van der Waals surface area contributed by atoms with Crippen molar-refractivity contribution in [1.29, 1.82) is 0 Å². The van der Waals surface area contributed by atoms with Crippen molar-refractivity contribution in [1.82, 2.24) is 14.7 Å². The van der Waals surface area contributed by atoms with Gasteiger partial charge in [0.05, 0.1) is 30.4 Å². The minimum absolute atomic E-state index is 0.0930. The Morgan fingerprint density at radius 3 is 3.04 bits per heavy atom. The molecule has 0 N–H and O–H groups in total. The van der Waals surface area contributed by atoms with E-state index in [0.29, 0.717) is 39.1 Å². The van der Waals surface area contributed by atoms with Crippen LogP contribution in [0.1, 0.15) is 31.4 Å². The Bertz CT molecular complexity index is 734. The third-order valence-electron chi connectivity index (χ3n) is 4.40. The highest BCUT2D eigenvalue weighted by molar-refractivity contribution is 9.10. The van der Waals surface area contributed by atoms with E-state index in [9.17, 15) is 4.79 Å². The predicted octanol–water partition coefficient (Wildman–Crippen LogP) is 3.42. The quantitative estimate of drug-likeness (QED) is 0.642. The Kier molecular flexibility index (Phi) is 6.68. The Morgan fingerprint density at radius 1 is 1.42 bits per heavy atom. The van der Waals surface area contributed by atoms with E-state index >= 15 is 0 Å². The third-order valence-corrected chi connectivity index (χ3v) is 5.05. The van der Waals surface area contributed by atoms with Crippen molar-refractivity contribution in [2.45, 2.75) is 32.4 Å². The number of morpholine rings is 1. The van der Waals surface area contributed by atoms with E-state index in [-0.39, 0.29) is 12.0 Å². The Morgan fingerprint density at radius 2 is 2.27 bits per heavy atom. The molecular formula is C19H24BrN3O3. The van der Waals surface area contributed by atoms with Crippen molar-refractivity contribution in [2.24, 2.45) is 0 Å². The number of hydrogen-bond acceptors (Lipinski definition) is 4. The number of para-hydroxylation sites is 1. The highest BCUT2D eigenvalue weighted by Crippen LogP contribution is 2.24. The first-order valence-corrected chi connectivity index (χ1v) is 9.75. The van der Waals surface area contributed by atoms with E-state index in [1.165, 1.54) is 0 Å². The summed E-state index contributed by atoms with van der Waals surface area (Å²) in [4.78, 5) is 14.4. The number of rotatable bonds is 7. The fraction of sp³-hybridized carbons (Fsp3) is 0.474. The average Bonchev–Trinajstić information content (AvgIpc) is 3.16. The minimum Gasteiger partial charge on any atom is -0.492 e. The third kappa shape index (κ3) is 4.86. The zero-order chi connectivity index (χ0) is 18.4. The van der Waals surface area contributed by atoms with Gasteiger partial charge in [0, 0.05) is 31.3 Å². The molecule has 0 aliphatic carbocycles. The van der Waals surface area contributed by atoms with Gasteiger partial charge in [-0.1, -0.05) is 12.1 Å². The molecule has 3 rings (SSSR count). The molecule has 1 aliphatic heterocycles. The summed E-state index contributed by atoms with van der Waals surface area (Å²) in [5.74, 6) is 0.955. The van der Waals surface area contributed by atoms with Gasteiger partial charge in [0.15, 0.2) is 0 Å². The molecule has 0 bridgehead atoms. The normalized spacial score (nSPS) is 17.3. The number of hydrogen-bond donors (Lipinski definition) is 0. The van der Waals surface area contributed by atoms with Gasteiger partial charge >= 0.3 is 0 Å². The predicted molar refractivity (Wildman–Crippen MR) is 102 cm³/mol. The van der Waals surface area contributed by atoms with Crippen LogP contribution < -0.4 is 4.74 Å². The van der Waals surface area contributed by atoms with Crippen molar-refractivity contribution in [2.75, 3.05) is 26.3 Å². The molecule has 6 nitrogen and oxygen atoms in total. The summed E-state index contributed by atoms with van der Waals surface area (Å²) in [7, 11) is 0. The van der Waals surface area contributed by atoms with E-state index < -0.39 is 0 Å². The standard InChI is InChI=1S/C19H24BrN3O3/c1-2-23-13-15(12-21-23)18-14-22(9-11-26-18)19(24)8-5-10-25-17-7-4-3-6-16(17)20/h3-4,6-7,12-13,18H,2,5,8-11,14H2,1H3. The van der Waals surface area contributed by atoms with Crippen molar-refractivity contribution in [3.05, 3.63) is 46.7 Å².